The van der Waals surface area contributed by atoms with Crippen LogP contribution in [0.1, 0.15) is 17.7 Å². The number of H-pyrrole nitrogens is 1. The first-order chi connectivity index (χ1) is 17.5. The van der Waals surface area contributed by atoms with Crippen LogP contribution in [0.25, 0.3) is 27.6 Å². The van der Waals surface area contributed by atoms with Gasteiger partial charge in [-0.3, -0.25) is 14.3 Å². The summed E-state index contributed by atoms with van der Waals surface area (Å²) in [6.07, 6.45) is 5.77. The van der Waals surface area contributed by atoms with Gasteiger partial charge < -0.3 is 14.3 Å². The van der Waals surface area contributed by atoms with E-state index in [4.69, 9.17) is 4.42 Å². The van der Waals surface area contributed by atoms with Crippen LogP contribution in [0.15, 0.2) is 76.2 Å². The van der Waals surface area contributed by atoms with Crippen molar-refractivity contribution in [1.82, 2.24) is 14.5 Å². The van der Waals surface area contributed by atoms with Gasteiger partial charge in [-0.2, -0.15) is 0 Å². The predicted octanol–water partition coefficient (Wildman–Crippen LogP) is 5.27. The summed E-state index contributed by atoms with van der Waals surface area (Å²) in [5.74, 6) is 0.552. The number of piperazine rings is 1. The van der Waals surface area contributed by atoms with Crippen molar-refractivity contribution in [2.45, 2.75) is 19.8 Å². The number of aryl methyl sites for hydroxylation is 2. The summed E-state index contributed by atoms with van der Waals surface area (Å²) in [5.41, 5.74) is 4.76. The molecular weight excluding hydrogens is 455 g/mol. The number of halogens is 1. The first-order valence-electron chi connectivity index (χ1n) is 12.5. The van der Waals surface area contributed by atoms with Crippen LogP contribution in [0.2, 0.25) is 0 Å². The van der Waals surface area contributed by atoms with Crippen molar-refractivity contribution >= 4 is 27.6 Å². The molecule has 0 radical (unpaired) electrons. The Morgan fingerprint density at radius 2 is 1.72 bits per heavy atom. The topological polar surface area (TPSA) is 57.4 Å². The monoisotopic (exact) mass is 484 g/mol. The summed E-state index contributed by atoms with van der Waals surface area (Å²) >= 11 is 0. The largest absolute Gasteiger partial charge is 0.461 e. The lowest BCUT2D eigenvalue weighted by Gasteiger charge is -2.36. The van der Waals surface area contributed by atoms with Gasteiger partial charge in [-0.1, -0.05) is 0 Å². The van der Waals surface area contributed by atoms with Gasteiger partial charge in [0.15, 0.2) is 0 Å². The molecule has 184 valence electrons. The van der Waals surface area contributed by atoms with Gasteiger partial charge in [-0.25, -0.2) is 4.39 Å². The van der Waals surface area contributed by atoms with Crippen molar-refractivity contribution in [3.05, 3.63) is 94.5 Å². The Morgan fingerprint density at radius 1 is 0.944 bits per heavy atom. The quantitative estimate of drug-likeness (QED) is 0.357. The number of furan rings is 1. The lowest BCUT2D eigenvalue weighted by atomic mass is 10.1. The van der Waals surface area contributed by atoms with E-state index < -0.39 is 0 Å². The summed E-state index contributed by atoms with van der Waals surface area (Å²) < 4.78 is 20.9. The Labute approximate surface area is 208 Å². The van der Waals surface area contributed by atoms with Crippen LogP contribution in [0.3, 0.4) is 0 Å². The first-order valence-corrected chi connectivity index (χ1v) is 12.5. The van der Waals surface area contributed by atoms with E-state index >= 15 is 0 Å². The number of rotatable bonds is 6. The van der Waals surface area contributed by atoms with E-state index in [0.717, 1.165) is 67.9 Å². The Morgan fingerprint density at radius 3 is 2.53 bits per heavy atom. The number of aromatic nitrogens is 2. The third-order valence-electron chi connectivity index (χ3n) is 7.22. The van der Waals surface area contributed by atoms with Crippen LogP contribution in [-0.2, 0) is 6.42 Å². The molecule has 1 saturated heterocycles. The molecule has 0 unspecified atom stereocenters. The lowest BCUT2D eigenvalue weighted by molar-refractivity contribution is 0.255. The smallest absolute Gasteiger partial charge is 0.266 e. The van der Waals surface area contributed by atoms with Crippen LogP contribution in [-0.4, -0.2) is 47.2 Å². The van der Waals surface area contributed by atoms with E-state index in [-0.39, 0.29) is 11.4 Å². The SMILES string of the molecule is Cc1cc2c(=O)n(-c3ccc(N4CCN(CCCc5c[nH]c6ccc(F)cc56)CC4)cc3)ccc2o1. The standard InChI is InChI=1S/C29H29FN4O2/c1-20-17-26-28(36-20)10-12-34(29(26)35)24-7-5-23(6-8-24)33-15-13-32(14-16-33)11-2-3-21-19-31-27-9-4-22(30)18-25(21)27/h4-10,12,17-19,31H,2-3,11,13-16H2,1H3. The highest BCUT2D eigenvalue weighted by atomic mass is 19.1. The Bertz CT molecular complexity index is 1570. The number of hydrogen-bond acceptors (Lipinski definition) is 4. The average molecular weight is 485 g/mol. The average Bonchev–Trinajstić information content (AvgIpc) is 3.48. The molecule has 4 heterocycles. The maximum atomic E-state index is 13.6. The van der Waals surface area contributed by atoms with Crippen molar-refractivity contribution in [1.29, 1.82) is 0 Å². The molecular formula is C29H29FN4O2. The molecule has 6 rings (SSSR count). The van der Waals surface area contributed by atoms with Crippen molar-refractivity contribution < 1.29 is 8.81 Å². The molecule has 1 N–H and O–H groups in total. The minimum atomic E-state index is -0.186. The van der Waals surface area contributed by atoms with Crippen LogP contribution in [0.4, 0.5) is 10.1 Å². The van der Waals surface area contributed by atoms with Crippen LogP contribution in [0, 0.1) is 12.7 Å². The molecule has 7 heteroatoms. The Balaban J connectivity index is 1.04. The Kier molecular flexibility index (Phi) is 5.85. The highest BCUT2D eigenvalue weighted by molar-refractivity contribution is 5.83. The summed E-state index contributed by atoms with van der Waals surface area (Å²) in [7, 11) is 0. The lowest BCUT2D eigenvalue weighted by Crippen LogP contribution is -2.46. The highest BCUT2D eigenvalue weighted by Gasteiger charge is 2.17. The molecule has 2 aromatic carbocycles. The molecule has 0 saturated carbocycles. The van der Waals surface area contributed by atoms with Crippen molar-refractivity contribution in [2.24, 2.45) is 0 Å². The fourth-order valence-corrected chi connectivity index (χ4v) is 5.27. The number of hydrogen-bond donors (Lipinski definition) is 1. The highest BCUT2D eigenvalue weighted by Crippen LogP contribution is 2.22. The van der Waals surface area contributed by atoms with Crippen LogP contribution >= 0.6 is 0 Å². The zero-order valence-electron chi connectivity index (χ0n) is 20.3. The molecule has 6 nitrogen and oxygen atoms in total. The maximum Gasteiger partial charge on any atom is 0.266 e. The molecule has 0 aliphatic carbocycles. The van der Waals surface area contributed by atoms with E-state index in [0.29, 0.717) is 11.0 Å². The van der Waals surface area contributed by atoms with Gasteiger partial charge in [-0.05, 0) is 86.5 Å². The van der Waals surface area contributed by atoms with E-state index in [9.17, 15) is 9.18 Å². The van der Waals surface area contributed by atoms with E-state index in [1.807, 2.05) is 31.3 Å². The number of aromatic amines is 1. The molecule has 0 bridgehead atoms. The first kappa shape index (κ1) is 22.6. The molecule has 36 heavy (non-hydrogen) atoms. The summed E-state index contributed by atoms with van der Waals surface area (Å²) in [6.45, 7) is 6.86. The van der Waals surface area contributed by atoms with Gasteiger partial charge in [0.1, 0.15) is 17.2 Å². The molecule has 0 atom stereocenters. The second-order valence-electron chi connectivity index (χ2n) is 9.58. The molecule has 5 aromatic rings. The van der Waals surface area contributed by atoms with Gasteiger partial charge in [0.2, 0.25) is 0 Å². The van der Waals surface area contributed by atoms with Crippen LogP contribution in [0.5, 0.6) is 0 Å². The van der Waals surface area contributed by atoms with Gasteiger partial charge in [-0.15, -0.1) is 0 Å². The number of nitrogens with one attached hydrogen (secondary N) is 1. The number of anilines is 1. The molecule has 0 amide bonds. The summed E-state index contributed by atoms with van der Waals surface area (Å²) in [4.78, 5) is 21.0. The van der Waals surface area contributed by atoms with Crippen molar-refractivity contribution in [2.75, 3.05) is 37.6 Å². The maximum absolute atomic E-state index is 13.6. The minimum absolute atomic E-state index is 0.0662. The van der Waals surface area contributed by atoms with E-state index in [2.05, 4.69) is 26.9 Å². The zero-order valence-corrected chi connectivity index (χ0v) is 20.3. The number of benzene rings is 2. The number of nitrogens with zero attached hydrogens (tertiary/aromatic N) is 3. The fourth-order valence-electron chi connectivity index (χ4n) is 5.27. The fraction of sp³-hybridized carbons (Fsp3) is 0.276. The molecule has 3 aromatic heterocycles. The van der Waals surface area contributed by atoms with Crippen molar-refractivity contribution in [3.8, 4) is 5.69 Å². The number of fused-ring (bicyclic) bond motifs is 2. The minimum Gasteiger partial charge on any atom is -0.461 e. The third-order valence-corrected chi connectivity index (χ3v) is 7.22. The molecule has 1 aliphatic rings. The van der Waals surface area contributed by atoms with Gasteiger partial charge in [0.25, 0.3) is 5.56 Å². The van der Waals surface area contributed by atoms with Crippen molar-refractivity contribution in [3.63, 3.8) is 0 Å². The second-order valence-corrected chi connectivity index (χ2v) is 9.58. The predicted molar refractivity (Wildman–Crippen MR) is 142 cm³/mol. The van der Waals surface area contributed by atoms with Crippen LogP contribution < -0.4 is 10.5 Å². The second kappa shape index (κ2) is 9.32. The molecule has 0 spiro atoms. The van der Waals surface area contributed by atoms with Gasteiger partial charge in [0, 0.05) is 60.9 Å². The van der Waals surface area contributed by atoms with E-state index in [1.54, 1.807) is 29.0 Å². The Hall–Kier alpha value is -3.84. The van der Waals surface area contributed by atoms with Gasteiger partial charge >= 0.3 is 0 Å². The van der Waals surface area contributed by atoms with E-state index in [1.165, 1.54) is 17.3 Å². The summed E-state index contributed by atoms with van der Waals surface area (Å²) in [5, 5.41) is 1.59. The number of pyridine rings is 1. The molecule has 1 fully saturated rings. The van der Waals surface area contributed by atoms with Gasteiger partial charge in [0.05, 0.1) is 5.39 Å². The third kappa shape index (κ3) is 4.31. The molecule has 1 aliphatic heterocycles. The zero-order chi connectivity index (χ0) is 24.6. The summed E-state index contributed by atoms with van der Waals surface area (Å²) in [6, 6.07) is 16.8. The normalized spacial score (nSPS) is 14.8.